The maximum Gasteiger partial charge on any atom is 0.118 e. The van der Waals surface area contributed by atoms with Gasteiger partial charge in [0, 0.05) is 15.5 Å². The molecule has 1 unspecified atom stereocenters. The van der Waals surface area contributed by atoms with Crippen molar-refractivity contribution in [2.45, 2.75) is 13.0 Å². The lowest BCUT2D eigenvalue weighted by Crippen LogP contribution is -2.07. The first kappa shape index (κ1) is 14.2. The first-order valence-corrected chi connectivity index (χ1v) is 7.13. The van der Waals surface area contributed by atoms with Crippen LogP contribution in [0.2, 0.25) is 5.02 Å². The van der Waals surface area contributed by atoms with Crippen LogP contribution in [0.5, 0.6) is 5.75 Å². The summed E-state index contributed by atoms with van der Waals surface area (Å²) in [6.07, 6.45) is 0. The van der Waals surface area contributed by atoms with Crippen molar-refractivity contribution in [1.82, 2.24) is 0 Å². The van der Waals surface area contributed by atoms with Gasteiger partial charge < -0.3 is 10.1 Å². The topological polar surface area (TPSA) is 21.3 Å². The fraction of sp³-hybridized carbons (Fsp3) is 0.200. The van der Waals surface area contributed by atoms with Crippen LogP contribution in [-0.2, 0) is 0 Å². The Bertz CT molecular complexity index is 557. The SMILES string of the molecule is COc1ccc(C(C)Nc2cc(Cl)ccc2Br)cc1. The highest BCUT2D eigenvalue weighted by atomic mass is 79.9. The number of halogens is 2. The van der Waals surface area contributed by atoms with Crippen LogP contribution >= 0.6 is 27.5 Å². The van der Waals surface area contributed by atoms with Crippen LogP contribution < -0.4 is 10.1 Å². The second kappa shape index (κ2) is 6.31. The molecule has 0 aliphatic heterocycles. The third kappa shape index (κ3) is 3.64. The van der Waals surface area contributed by atoms with E-state index in [0.29, 0.717) is 5.02 Å². The Morgan fingerprint density at radius 2 is 1.84 bits per heavy atom. The van der Waals surface area contributed by atoms with Gasteiger partial charge in [-0.05, 0) is 58.7 Å². The molecule has 1 N–H and O–H groups in total. The first-order chi connectivity index (χ1) is 9.10. The van der Waals surface area contributed by atoms with Gasteiger partial charge in [0.2, 0.25) is 0 Å². The minimum Gasteiger partial charge on any atom is -0.497 e. The highest BCUT2D eigenvalue weighted by Crippen LogP contribution is 2.29. The summed E-state index contributed by atoms with van der Waals surface area (Å²) >= 11 is 9.52. The Labute approximate surface area is 126 Å². The fourth-order valence-corrected chi connectivity index (χ4v) is 2.35. The van der Waals surface area contributed by atoms with Gasteiger partial charge in [0.25, 0.3) is 0 Å². The molecule has 0 spiro atoms. The monoisotopic (exact) mass is 339 g/mol. The minimum atomic E-state index is 0.181. The van der Waals surface area contributed by atoms with Crippen LogP contribution in [0.1, 0.15) is 18.5 Å². The molecule has 0 aliphatic carbocycles. The van der Waals surface area contributed by atoms with Crippen molar-refractivity contribution in [3.8, 4) is 5.75 Å². The summed E-state index contributed by atoms with van der Waals surface area (Å²) in [6.45, 7) is 2.11. The molecule has 0 saturated heterocycles. The predicted molar refractivity (Wildman–Crippen MR) is 84.2 cm³/mol. The molecule has 0 aromatic heterocycles. The summed E-state index contributed by atoms with van der Waals surface area (Å²) in [5.74, 6) is 0.861. The number of nitrogens with one attached hydrogen (secondary N) is 1. The molecule has 0 heterocycles. The fourth-order valence-electron chi connectivity index (χ4n) is 1.82. The van der Waals surface area contributed by atoms with Crippen LogP contribution in [0.15, 0.2) is 46.9 Å². The van der Waals surface area contributed by atoms with Gasteiger partial charge in [-0.1, -0.05) is 23.7 Å². The Balaban J connectivity index is 2.15. The quantitative estimate of drug-likeness (QED) is 0.817. The number of ether oxygens (including phenoxy) is 1. The van der Waals surface area contributed by atoms with Gasteiger partial charge in [0.1, 0.15) is 5.75 Å². The van der Waals surface area contributed by atoms with Gasteiger partial charge >= 0.3 is 0 Å². The predicted octanol–water partition coefficient (Wildman–Crippen LogP) is 5.28. The standard InChI is InChI=1S/C15H15BrClNO/c1-10(11-3-6-13(19-2)7-4-11)18-15-9-12(17)5-8-14(15)16/h3-10,18H,1-2H3. The van der Waals surface area contributed by atoms with Crippen LogP contribution in [0.3, 0.4) is 0 Å². The molecular weight excluding hydrogens is 326 g/mol. The maximum absolute atomic E-state index is 6.01. The smallest absolute Gasteiger partial charge is 0.118 e. The van der Waals surface area contributed by atoms with Crippen molar-refractivity contribution in [3.63, 3.8) is 0 Å². The Morgan fingerprint density at radius 1 is 1.16 bits per heavy atom. The summed E-state index contributed by atoms with van der Waals surface area (Å²) in [4.78, 5) is 0. The van der Waals surface area contributed by atoms with Crippen LogP contribution in [0, 0.1) is 0 Å². The van der Waals surface area contributed by atoms with Crippen molar-refractivity contribution >= 4 is 33.2 Å². The van der Waals surface area contributed by atoms with Gasteiger partial charge in [-0.3, -0.25) is 0 Å². The van der Waals surface area contributed by atoms with Gasteiger partial charge in [0.15, 0.2) is 0 Å². The van der Waals surface area contributed by atoms with Crippen molar-refractivity contribution < 1.29 is 4.74 Å². The maximum atomic E-state index is 6.01. The van der Waals surface area contributed by atoms with Gasteiger partial charge in [-0.25, -0.2) is 0 Å². The van der Waals surface area contributed by atoms with E-state index in [1.54, 1.807) is 7.11 Å². The molecular formula is C15H15BrClNO. The number of rotatable bonds is 4. The number of methoxy groups -OCH3 is 1. The Morgan fingerprint density at radius 3 is 2.47 bits per heavy atom. The van der Waals surface area contributed by atoms with E-state index in [1.165, 1.54) is 5.56 Å². The van der Waals surface area contributed by atoms with Gasteiger partial charge in [0.05, 0.1) is 12.8 Å². The molecule has 0 amide bonds. The molecule has 0 fully saturated rings. The highest BCUT2D eigenvalue weighted by Gasteiger charge is 2.08. The summed E-state index contributed by atoms with van der Waals surface area (Å²) in [7, 11) is 1.67. The van der Waals surface area contributed by atoms with Crippen molar-refractivity contribution in [2.75, 3.05) is 12.4 Å². The summed E-state index contributed by atoms with van der Waals surface area (Å²) in [5.41, 5.74) is 2.17. The molecule has 1 atom stereocenters. The van der Waals surface area contributed by atoms with Crippen molar-refractivity contribution in [2.24, 2.45) is 0 Å². The molecule has 2 nitrogen and oxygen atoms in total. The van der Waals surface area contributed by atoms with Crippen LogP contribution in [-0.4, -0.2) is 7.11 Å². The Kier molecular flexibility index (Phi) is 4.72. The second-order valence-electron chi connectivity index (χ2n) is 4.26. The lowest BCUT2D eigenvalue weighted by Gasteiger charge is -2.17. The van der Waals surface area contributed by atoms with Gasteiger partial charge in [-0.2, -0.15) is 0 Å². The zero-order valence-electron chi connectivity index (χ0n) is 10.8. The molecule has 2 rings (SSSR count). The molecule has 4 heteroatoms. The van der Waals surface area contributed by atoms with E-state index in [0.717, 1.165) is 15.9 Å². The number of benzene rings is 2. The normalized spacial score (nSPS) is 12.0. The largest absolute Gasteiger partial charge is 0.497 e. The lowest BCUT2D eigenvalue weighted by atomic mass is 10.1. The molecule has 0 bridgehead atoms. The Hall–Kier alpha value is -1.19. The van der Waals surface area contributed by atoms with E-state index in [-0.39, 0.29) is 6.04 Å². The van der Waals surface area contributed by atoms with Gasteiger partial charge in [-0.15, -0.1) is 0 Å². The van der Waals surface area contributed by atoms with E-state index in [4.69, 9.17) is 16.3 Å². The summed E-state index contributed by atoms with van der Waals surface area (Å²) < 4.78 is 6.15. The molecule has 100 valence electrons. The average molecular weight is 341 g/mol. The van der Waals surface area contributed by atoms with E-state index < -0.39 is 0 Å². The lowest BCUT2D eigenvalue weighted by molar-refractivity contribution is 0.414. The molecule has 2 aromatic rings. The van der Waals surface area contributed by atoms with E-state index in [1.807, 2.05) is 30.3 Å². The van der Waals surface area contributed by atoms with Crippen LogP contribution in [0.25, 0.3) is 0 Å². The first-order valence-electron chi connectivity index (χ1n) is 5.95. The third-order valence-electron chi connectivity index (χ3n) is 2.92. The van der Waals surface area contributed by atoms with E-state index in [9.17, 15) is 0 Å². The third-order valence-corrected chi connectivity index (χ3v) is 3.84. The summed E-state index contributed by atoms with van der Waals surface area (Å²) in [5, 5.41) is 4.15. The molecule has 0 radical (unpaired) electrons. The minimum absolute atomic E-state index is 0.181. The number of anilines is 1. The van der Waals surface area contributed by atoms with Crippen molar-refractivity contribution in [1.29, 1.82) is 0 Å². The molecule has 0 aliphatic rings. The van der Waals surface area contributed by atoms with E-state index >= 15 is 0 Å². The number of hydrogen-bond acceptors (Lipinski definition) is 2. The zero-order chi connectivity index (χ0) is 13.8. The number of hydrogen-bond donors (Lipinski definition) is 1. The molecule has 2 aromatic carbocycles. The molecule has 19 heavy (non-hydrogen) atoms. The average Bonchev–Trinajstić information content (AvgIpc) is 2.43. The molecule has 0 saturated carbocycles. The van der Waals surface area contributed by atoms with Crippen LogP contribution in [0.4, 0.5) is 5.69 Å². The zero-order valence-corrected chi connectivity index (χ0v) is 13.1. The second-order valence-corrected chi connectivity index (χ2v) is 5.55. The van der Waals surface area contributed by atoms with E-state index in [2.05, 4.69) is 40.3 Å². The highest BCUT2D eigenvalue weighted by molar-refractivity contribution is 9.10. The summed E-state index contributed by atoms with van der Waals surface area (Å²) in [6, 6.07) is 13.9. The van der Waals surface area contributed by atoms with Crippen molar-refractivity contribution in [3.05, 3.63) is 57.5 Å².